The summed E-state index contributed by atoms with van der Waals surface area (Å²) < 4.78 is 16.5. The number of aromatic nitrogens is 2. The molecule has 1 aliphatic rings. The second-order valence-electron chi connectivity index (χ2n) is 6.68. The molecule has 7 nitrogen and oxygen atoms in total. The van der Waals surface area contributed by atoms with E-state index in [2.05, 4.69) is 15.5 Å². The predicted octanol–water partition coefficient (Wildman–Crippen LogP) is 3.32. The van der Waals surface area contributed by atoms with Crippen LogP contribution in [0.3, 0.4) is 0 Å². The van der Waals surface area contributed by atoms with Crippen molar-refractivity contribution >= 4 is 17.0 Å². The summed E-state index contributed by atoms with van der Waals surface area (Å²) in [7, 11) is 0. The lowest BCUT2D eigenvalue weighted by atomic mass is 10.1. The number of ether oxygens (including phenoxy) is 1. The van der Waals surface area contributed by atoms with Crippen LogP contribution in [0.2, 0.25) is 0 Å². The topological polar surface area (TPSA) is 90.4 Å². The fraction of sp³-hybridized carbons (Fsp3) is 0.421. The van der Waals surface area contributed by atoms with Gasteiger partial charge in [-0.1, -0.05) is 5.16 Å². The van der Waals surface area contributed by atoms with Crippen LogP contribution in [0, 0.1) is 20.8 Å². The van der Waals surface area contributed by atoms with Crippen LogP contribution in [0.5, 0.6) is 0 Å². The van der Waals surface area contributed by atoms with Gasteiger partial charge in [0, 0.05) is 18.7 Å². The van der Waals surface area contributed by atoms with Crippen LogP contribution in [-0.4, -0.2) is 35.3 Å². The molecule has 1 atom stereocenters. The minimum atomic E-state index is -0.182. The third kappa shape index (κ3) is 2.99. The average Bonchev–Trinajstić information content (AvgIpc) is 3.33. The molecule has 1 fully saturated rings. The summed E-state index contributed by atoms with van der Waals surface area (Å²) in [5.74, 6) is 1.35. The zero-order valence-electron chi connectivity index (χ0n) is 15.1. The van der Waals surface area contributed by atoms with E-state index in [0.29, 0.717) is 34.6 Å². The maximum atomic E-state index is 12.9. The van der Waals surface area contributed by atoms with Gasteiger partial charge in [-0.05, 0) is 45.7 Å². The highest BCUT2D eigenvalue weighted by Crippen LogP contribution is 2.30. The van der Waals surface area contributed by atoms with E-state index in [0.717, 1.165) is 36.5 Å². The molecular weight excluding hydrogens is 334 g/mol. The van der Waals surface area contributed by atoms with E-state index in [-0.39, 0.29) is 12.0 Å². The Morgan fingerprint density at radius 1 is 1.31 bits per heavy atom. The van der Waals surface area contributed by atoms with Gasteiger partial charge < -0.3 is 19.0 Å². The molecule has 4 rings (SSSR count). The molecule has 136 valence electrons. The standard InChI is InChI=1S/C19H21N3O4/c1-10-7-14(12(3)25-10)16-8-15(17-11(2)22-26-19(17)21-16)18(23)20-9-13-5-4-6-24-13/h7-8,13H,4-6,9H2,1-3H3,(H,20,23). The first-order valence-corrected chi connectivity index (χ1v) is 8.77. The highest BCUT2D eigenvalue weighted by atomic mass is 16.5. The monoisotopic (exact) mass is 355 g/mol. The van der Waals surface area contributed by atoms with E-state index >= 15 is 0 Å². The van der Waals surface area contributed by atoms with Gasteiger partial charge in [-0.15, -0.1) is 0 Å². The summed E-state index contributed by atoms with van der Waals surface area (Å²) in [5, 5.41) is 7.57. The van der Waals surface area contributed by atoms with E-state index in [1.807, 2.05) is 19.9 Å². The first-order chi connectivity index (χ1) is 12.5. The summed E-state index contributed by atoms with van der Waals surface area (Å²) in [6, 6.07) is 3.68. The molecule has 0 radical (unpaired) electrons. The van der Waals surface area contributed by atoms with Crippen molar-refractivity contribution in [3.8, 4) is 11.3 Å². The lowest BCUT2D eigenvalue weighted by molar-refractivity contribution is 0.0859. The van der Waals surface area contributed by atoms with E-state index < -0.39 is 0 Å². The molecule has 1 saturated heterocycles. The summed E-state index contributed by atoms with van der Waals surface area (Å²) in [4.78, 5) is 17.4. The number of aryl methyl sites for hydroxylation is 3. The minimum absolute atomic E-state index is 0.0816. The molecule has 1 amide bonds. The lowest BCUT2D eigenvalue weighted by Gasteiger charge is -2.11. The molecule has 0 spiro atoms. The Kier molecular flexibility index (Phi) is 4.24. The SMILES string of the molecule is Cc1cc(-c2cc(C(=O)NCC3CCCO3)c3c(C)noc3n2)c(C)o1. The molecule has 0 aromatic carbocycles. The Labute approximate surface area is 150 Å². The number of fused-ring (bicyclic) bond motifs is 1. The Morgan fingerprint density at radius 2 is 2.15 bits per heavy atom. The van der Waals surface area contributed by atoms with Gasteiger partial charge in [0.15, 0.2) is 0 Å². The molecule has 3 aromatic heterocycles. The maximum absolute atomic E-state index is 12.9. The average molecular weight is 355 g/mol. The van der Waals surface area contributed by atoms with Gasteiger partial charge in [-0.25, -0.2) is 4.98 Å². The van der Waals surface area contributed by atoms with E-state index in [1.165, 1.54) is 0 Å². The first-order valence-electron chi connectivity index (χ1n) is 8.77. The molecule has 0 saturated carbocycles. The van der Waals surface area contributed by atoms with Crippen LogP contribution in [0.25, 0.3) is 22.4 Å². The number of rotatable bonds is 4. The second-order valence-corrected chi connectivity index (χ2v) is 6.68. The van der Waals surface area contributed by atoms with Gasteiger partial charge in [0.05, 0.1) is 28.4 Å². The van der Waals surface area contributed by atoms with E-state index in [1.54, 1.807) is 13.0 Å². The van der Waals surface area contributed by atoms with Crippen LogP contribution in [-0.2, 0) is 4.74 Å². The fourth-order valence-electron chi connectivity index (χ4n) is 3.40. The van der Waals surface area contributed by atoms with Crippen molar-refractivity contribution in [3.63, 3.8) is 0 Å². The molecular formula is C19H21N3O4. The Balaban J connectivity index is 1.72. The fourth-order valence-corrected chi connectivity index (χ4v) is 3.40. The summed E-state index contributed by atoms with van der Waals surface area (Å²) >= 11 is 0. The Hall–Kier alpha value is -2.67. The molecule has 3 aromatic rings. The van der Waals surface area contributed by atoms with Gasteiger partial charge in [0.1, 0.15) is 11.5 Å². The highest BCUT2D eigenvalue weighted by molar-refractivity contribution is 6.07. The first kappa shape index (κ1) is 16.8. The molecule has 4 heterocycles. The molecule has 1 N–H and O–H groups in total. The Bertz CT molecular complexity index is 967. The number of furan rings is 1. The molecule has 26 heavy (non-hydrogen) atoms. The number of nitrogens with zero attached hydrogens (tertiary/aromatic N) is 2. The minimum Gasteiger partial charge on any atom is -0.466 e. The van der Waals surface area contributed by atoms with Gasteiger partial charge in [0.25, 0.3) is 11.6 Å². The normalized spacial score (nSPS) is 17.1. The van der Waals surface area contributed by atoms with Crippen LogP contribution >= 0.6 is 0 Å². The number of amides is 1. The largest absolute Gasteiger partial charge is 0.466 e. The van der Waals surface area contributed by atoms with Crippen molar-refractivity contribution in [2.24, 2.45) is 0 Å². The van der Waals surface area contributed by atoms with E-state index in [9.17, 15) is 4.79 Å². The molecule has 1 aliphatic heterocycles. The van der Waals surface area contributed by atoms with E-state index in [4.69, 9.17) is 13.7 Å². The summed E-state index contributed by atoms with van der Waals surface area (Å²) in [6.45, 7) is 6.80. The zero-order valence-corrected chi connectivity index (χ0v) is 15.1. The number of hydrogen-bond donors (Lipinski definition) is 1. The molecule has 0 aliphatic carbocycles. The number of carbonyl (C=O) groups is 1. The van der Waals surface area contributed by atoms with Gasteiger partial charge in [-0.3, -0.25) is 4.79 Å². The van der Waals surface area contributed by atoms with Gasteiger partial charge in [0.2, 0.25) is 0 Å². The van der Waals surface area contributed by atoms with Crippen molar-refractivity contribution in [3.05, 3.63) is 34.9 Å². The summed E-state index contributed by atoms with van der Waals surface area (Å²) in [5.41, 5.74) is 2.96. The van der Waals surface area contributed by atoms with Crippen molar-refractivity contribution in [1.29, 1.82) is 0 Å². The summed E-state index contributed by atoms with van der Waals surface area (Å²) in [6.07, 6.45) is 2.09. The predicted molar refractivity (Wildman–Crippen MR) is 95.0 cm³/mol. The van der Waals surface area contributed by atoms with Crippen LogP contribution in [0.15, 0.2) is 21.1 Å². The number of hydrogen-bond acceptors (Lipinski definition) is 6. The smallest absolute Gasteiger partial charge is 0.259 e. The molecule has 7 heteroatoms. The quantitative estimate of drug-likeness (QED) is 0.772. The number of carbonyl (C=O) groups excluding carboxylic acids is 1. The van der Waals surface area contributed by atoms with Gasteiger partial charge in [-0.2, -0.15) is 0 Å². The number of pyridine rings is 1. The highest BCUT2D eigenvalue weighted by Gasteiger charge is 2.22. The second kappa shape index (κ2) is 6.57. The van der Waals surface area contributed by atoms with Crippen LogP contribution < -0.4 is 5.32 Å². The van der Waals surface area contributed by atoms with Gasteiger partial charge >= 0.3 is 0 Å². The van der Waals surface area contributed by atoms with Crippen molar-refractivity contribution < 1.29 is 18.5 Å². The van der Waals surface area contributed by atoms with Crippen molar-refractivity contribution in [1.82, 2.24) is 15.5 Å². The Morgan fingerprint density at radius 3 is 2.85 bits per heavy atom. The lowest BCUT2D eigenvalue weighted by Crippen LogP contribution is -2.32. The zero-order chi connectivity index (χ0) is 18.3. The van der Waals surface area contributed by atoms with Crippen molar-refractivity contribution in [2.45, 2.75) is 39.7 Å². The van der Waals surface area contributed by atoms with Crippen LogP contribution in [0.1, 0.15) is 40.4 Å². The maximum Gasteiger partial charge on any atom is 0.259 e. The third-order valence-corrected chi connectivity index (χ3v) is 4.69. The number of nitrogens with one attached hydrogen (secondary N) is 1. The molecule has 1 unspecified atom stereocenters. The third-order valence-electron chi connectivity index (χ3n) is 4.69. The van der Waals surface area contributed by atoms with Crippen molar-refractivity contribution in [2.75, 3.05) is 13.2 Å². The van der Waals surface area contributed by atoms with Crippen LogP contribution in [0.4, 0.5) is 0 Å². The molecule has 0 bridgehead atoms.